The van der Waals surface area contributed by atoms with Gasteiger partial charge in [-0.25, -0.2) is 9.97 Å². The summed E-state index contributed by atoms with van der Waals surface area (Å²) in [5.41, 5.74) is 5.85. The summed E-state index contributed by atoms with van der Waals surface area (Å²) in [7, 11) is 0. The Hall–Kier alpha value is -3.98. The van der Waals surface area contributed by atoms with Gasteiger partial charge in [0.05, 0.1) is 24.6 Å². The molecule has 2 aromatic carbocycles. The van der Waals surface area contributed by atoms with Gasteiger partial charge in [0, 0.05) is 48.7 Å². The Morgan fingerprint density at radius 1 is 1.03 bits per heavy atom. The fourth-order valence-corrected chi connectivity index (χ4v) is 4.22. The number of pyridine rings is 1. The quantitative estimate of drug-likeness (QED) is 0.340. The highest BCUT2D eigenvalue weighted by atomic mass is 16.5. The minimum absolute atomic E-state index is 0.0473. The van der Waals surface area contributed by atoms with Gasteiger partial charge in [-0.15, -0.1) is 0 Å². The van der Waals surface area contributed by atoms with Crippen LogP contribution in [0.3, 0.4) is 0 Å². The molecule has 1 fully saturated rings. The molecule has 37 heavy (non-hydrogen) atoms. The second-order valence-corrected chi connectivity index (χ2v) is 8.91. The number of carbonyl (C=O) groups is 1. The Morgan fingerprint density at radius 3 is 2.65 bits per heavy atom. The number of ether oxygens (including phenoxy) is 1. The van der Waals surface area contributed by atoms with Crippen LogP contribution in [-0.2, 0) is 22.6 Å². The lowest BCUT2D eigenvalue weighted by atomic mass is 10.1. The van der Waals surface area contributed by atoms with Crippen LogP contribution in [0.25, 0.3) is 22.6 Å². The number of aryl methyl sites for hydroxylation is 1. The number of aromatic nitrogens is 3. The molecule has 0 bridgehead atoms. The van der Waals surface area contributed by atoms with Crippen LogP contribution in [0.1, 0.15) is 29.3 Å². The summed E-state index contributed by atoms with van der Waals surface area (Å²) >= 11 is 0. The van der Waals surface area contributed by atoms with Crippen LogP contribution < -0.4 is 10.6 Å². The number of carbonyl (C=O) groups excluding carboxylic acids is 1. The predicted octanol–water partition coefficient (Wildman–Crippen LogP) is 3.93. The second kappa shape index (κ2) is 11.8. The Morgan fingerprint density at radius 2 is 1.89 bits per heavy atom. The van der Waals surface area contributed by atoms with E-state index in [2.05, 4.69) is 15.6 Å². The van der Waals surface area contributed by atoms with E-state index in [0.717, 1.165) is 45.9 Å². The third-order valence-corrected chi connectivity index (χ3v) is 6.20. The van der Waals surface area contributed by atoms with E-state index in [-0.39, 0.29) is 18.6 Å². The van der Waals surface area contributed by atoms with Crippen molar-refractivity contribution in [2.75, 3.05) is 25.0 Å². The minimum atomic E-state index is -0.173. The number of hydrogen-bond acceptors (Lipinski definition) is 7. The summed E-state index contributed by atoms with van der Waals surface area (Å²) < 4.78 is 5.96. The van der Waals surface area contributed by atoms with Gasteiger partial charge in [0.2, 0.25) is 5.91 Å². The largest absolute Gasteiger partial charge is 0.392 e. The third kappa shape index (κ3) is 6.42. The zero-order valence-corrected chi connectivity index (χ0v) is 20.4. The minimum Gasteiger partial charge on any atom is -0.392 e. The molecule has 4 aromatic rings. The normalized spacial score (nSPS) is 15.3. The van der Waals surface area contributed by atoms with Gasteiger partial charge in [-0.1, -0.05) is 36.4 Å². The number of aliphatic hydroxyl groups is 1. The number of morpholine rings is 1. The van der Waals surface area contributed by atoms with Gasteiger partial charge >= 0.3 is 0 Å². The van der Waals surface area contributed by atoms with Crippen molar-refractivity contribution in [3.8, 4) is 22.6 Å². The maximum Gasteiger partial charge on any atom is 0.224 e. The lowest BCUT2D eigenvalue weighted by Gasteiger charge is -2.24. The van der Waals surface area contributed by atoms with Crippen LogP contribution in [0.5, 0.6) is 0 Å². The first-order valence-electron chi connectivity index (χ1n) is 12.4. The van der Waals surface area contributed by atoms with Crippen molar-refractivity contribution < 1.29 is 14.6 Å². The Labute approximate surface area is 215 Å². The summed E-state index contributed by atoms with van der Waals surface area (Å²) in [5.74, 6) is 0.527. The molecule has 188 valence electrons. The molecule has 1 amide bonds. The van der Waals surface area contributed by atoms with Crippen molar-refractivity contribution in [1.82, 2.24) is 20.3 Å². The SMILES string of the molecule is O=C(CCc1cccnc1)Nc1ccc(-c2cc(C3CNCCO3)nc(-c3cccc(CO)c3)n2)cc1. The number of amides is 1. The fourth-order valence-electron chi connectivity index (χ4n) is 4.22. The molecule has 5 rings (SSSR count). The molecule has 0 saturated carbocycles. The van der Waals surface area contributed by atoms with Crippen LogP contribution in [0.4, 0.5) is 5.69 Å². The maximum absolute atomic E-state index is 12.4. The van der Waals surface area contributed by atoms with Gasteiger partial charge in [0.1, 0.15) is 6.10 Å². The molecule has 0 aliphatic carbocycles. The molecule has 0 spiro atoms. The number of benzene rings is 2. The van der Waals surface area contributed by atoms with E-state index in [1.807, 2.05) is 66.7 Å². The predicted molar refractivity (Wildman–Crippen MR) is 142 cm³/mol. The van der Waals surface area contributed by atoms with Crippen LogP contribution in [0, 0.1) is 0 Å². The standard InChI is InChI=1S/C29H29N5O3/c35-19-21-3-1-5-23(15-21)29-33-25(16-26(34-29)27-18-31-13-14-37-27)22-7-9-24(10-8-22)32-28(36)11-6-20-4-2-12-30-17-20/h1-5,7-10,12,15-17,27,31,35H,6,11,13-14,18-19H2,(H,32,36). The molecular weight excluding hydrogens is 466 g/mol. The summed E-state index contributed by atoms with van der Waals surface area (Å²) in [5, 5.41) is 15.9. The first kappa shape index (κ1) is 24.7. The van der Waals surface area contributed by atoms with Crippen LogP contribution in [0.15, 0.2) is 79.1 Å². The van der Waals surface area contributed by atoms with E-state index in [0.29, 0.717) is 31.8 Å². The van der Waals surface area contributed by atoms with Crippen molar-refractivity contribution in [3.63, 3.8) is 0 Å². The van der Waals surface area contributed by atoms with Crippen molar-refractivity contribution in [2.45, 2.75) is 25.6 Å². The van der Waals surface area contributed by atoms with E-state index in [4.69, 9.17) is 14.7 Å². The lowest BCUT2D eigenvalue weighted by Crippen LogP contribution is -2.33. The van der Waals surface area contributed by atoms with Gasteiger partial charge in [-0.05, 0) is 47.9 Å². The van der Waals surface area contributed by atoms with Gasteiger partial charge in [-0.3, -0.25) is 9.78 Å². The zero-order valence-electron chi connectivity index (χ0n) is 20.4. The van der Waals surface area contributed by atoms with E-state index >= 15 is 0 Å². The number of nitrogens with zero attached hydrogens (tertiary/aromatic N) is 3. The van der Waals surface area contributed by atoms with E-state index in [1.54, 1.807) is 12.4 Å². The van der Waals surface area contributed by atoms with Crippen molar-refractivity contribution in [1.29, 1.82) is 0 Å². The lowest BCUT2D eigenvalue weighted by molar-refractivity contribution is -0.116. The summed E-state index contributed by atoms with van der Waals surface area (Å²) in [6, 6.07) is 21.0. The third-order valence-electron chi connectivity index (χ3n) is 6.20. The number of anilines is 1. The van der Waals surface area contributed by atoms with E-state index in [1.165, 1.54) is 0 Å². The zero-order chi connectivity index (χ0) is 25.5. The van der Waals surface area contributed by atoms with Gasteiger partial charge in [0.15, 0.2) is 5.82 Å². The molecule has 8 heteroatoms. The molecular formula is C29H29N5O3. The summed E-state index contributed by atoms with van der Waals surface area (Å²) in [6.45, 7) is 2.06. The Bertz CT molecular complexity index is 1340. The van der Waals surface area contributed by atoms with E-state index in [9.17, 15) is 9.90 Å². The average molecular weight is 496 g/mol. The first-order valence-corrected chi connectivity index (χ1v) is 12.4. The molecule has 1 aliphatic heterocycles. The van der Waals surface area contributed by atoms with Crippen LogP contribution in [-0.4, -0.2) is 45.7 Å². The fraction of sp³-hybridized carbons (Fsp3) is 0.241. The highest BCUT2D eigenvalue weighted by Crippen LogP contribution is 2.28. The van der Waals surface area contributed by atoms with Gasteiger partial charge in [-0.2, -0.15) is 0 Å². The topological polar surface area (TPSA) is 109 Å². The van der Waals surface area contributed by atoms with Gasteiger partial charge < -0.3 is 20.5 Å². The molecule has 1 atom stereocenters. The number of nitrogens with one attached hydrogen (secondary N) is 2. The number of aliphatic hydroxyl groups excluding tert-OH is 1. The van der Waals surface area contributed by atoms with Crippen molar-refractivity contribution >= 4 is 11.6 Å². The second-order valence-electron chi connectivity index (χ2n) is 8.91. The number of hydrogen-bond donors (Lipinski definition) is 3. The van der Waals surface area contributed by atoms with Crippen LogP contribution >= 0.6 is 0 Å². The molecule has 8 nitrogen and oxygen atoms in total. The van der Waals surface area contributed by atoms with E-state index < -0.39 is 0 Å². The molecule has 3 N–H and O–H groups in total. The summed E-state index contributed by atoms with van der Waals surface area (Å²) in [6.07, 6.45) is 4.35. The van der Waals surface area contributed by atoms with Crippen molar-refractivity contribution in [3.05, 3.63) is 95.9 Å². The summed E-state index contributed by atoms with van der Waals surface area (Å²) in [4.78, 5) is 26.2. The smallest absolute Gasteiger partial charge is 0.224 e. The van der Waals surface area contributed by atoms with Crippen molar-refractivity contribution in [2.24, 2.45) is 0 Å². The maximum atomic E-state index is 12.4. The van der Waals surface area contributed by atoms with Crippen LogP contribution in [0.2, 0.25) is 0 Å². The number of rotatable bonds is 8. The molecule has 1 unspecified atom stereocenters. The Balaban J connectivity index is 1.36. The molecule has 1 saturated heterocycles. The monoisotopic (exact) mass is 495 g/mol. The average Bonchev–Trinajstić information content (AvgIpc) is 2.97. The highest BCUT2D eigenvalue weighted by molar-refractivity contribution is 5.91. The van der Waals surface area contributed by atoms with Gasteiger partial charge in [0.25, 0.3) is 0 Å². The molecule has 1 aliphatic rings. The Kier molecular flexibility index (Phi) is 7.90. The first-order chi connectivity index (χ1) is 18.2. The molecule has 0 radical (unpaired) electrons. The molecule has 2 aromatic heterocycles. The highest BCUT2D eigenvalue weighted by Gasteiger charge is 2.20. The molecule has 3 heterocycles.